The second kappa shape index (κ2) is 5.96. The van der Waals surface area contributed by atoms with Gasteiger partial charge in [0.05, 0.1) is 17.5 Å². The summed E-state index contributed by atoms with van der Waals surface area (Å²) in [5.74, 6) is -4.16. The van der Waals surface area contributed by atoms with E-state index >= 15 is 0 Å². The first-order valence-corrected chi connectivity index (χ1v) is 8.20. The summed E-state index contributed by atoms with van der Waals surface area (Å²) in [7, 11) is 0. The third-order valence-corrected chi connectivity index (χ3v) is 5.03. The van der Waals surface area contributed by atoms with Crippen molar-refractivity contribution in [2.75, 3.05) is 4.90 Å². The Morgan fingerprint density at radius 2 is 1.54 bits per heavy atom. The van der Waals surface area contributed by atoms with Crippen molar-refractivity contribution >= 4 is 23.5 Å². The van der Waals surface area contributed by atoms with E-state index in [1.807, 2.05) is 0 Å². The molecule has 7 heteroatoms. The fraction of sp³-hybridized carbons (Fsp3) is 0.211. The van der Waals surface area contributed by atoms with Crippen LogP contribution in [0.5, 0.6) is 5.75 Å². The molecule has 2 aliphatic heterocycles. The number of rotatable bonds is 3. The zero-order chi connectivity index (χ0) is 18.4. The Balaban J connectivity index is 1.80. The number of phenolic OH excluding ortho intramolecular Hbond substituents is 1. The number of hydrogen-bond donors (Lipinski definition) is 3. The second-order valence-electron chi connectivity index (χ2n) is 6.42. The molecule has 2 aromatic rings. The zero-order valence-corrected chi connectivity index (χ0v) is 13.6. The van der Waals surface area contributed by atoms with E-state index in [1.165, 1.54) is 6.07 Å². The highest BCUT2D eigenvalue weighted by molar-refractivity contribution is 6.23. The van der Waals surface area contributed by atoms with Crippen molar-refractivity contribution in [3.05, 3.63) is 60.2 Å². The largest absolute Gasteiger partial charge is 0.508 e. The van der Waals surface area contributed by atoms with Crippen molar-refractivity contribution in [3.63, 3.8) is 0 Å². The van der Waals surface area contributed by atoms with Gasteiger partial charge in [-0.15, -0.1) is 0 Å². The lowest BCUT2D eigenvalue weighted by Crippen LogP contribution is -2.43. The molecule has 2 amide bonds. The van der Waals surface area contributed by atoms with Gasteiger partial charge in [0.25, 0.3) is 0 Å². The van der Waals surface area contributed by atoms with Crippen LogP contribution in [-0.2, 0) is 14.4 Å². The van der Waals surface area contributed by atoms with Gasteiger partial charge in [0.15, 0.2) is 0 Å². The van der Waals surface area contributed by atoms with Crippen LogP contribution in [-0.4, -0.2) is 34.0 Å². The smallest absolute Gasteiger partial charge is 0.321 e. The monoisotopic (exact) mass is 352 g/mol. The summed E-state index contributed by atoms with van der Waals surface area (Å²) in [6.07, 6.45) is 0. The number of amides is 2. The van der Waals surface area contributed by atoms with Gasteiger partial charge in [-0.3, -0.25) is 19.7 Å². The molecule has 0 saturated carbocycles. The maximum Gasteiger partial charge on any atom is 0.321 e. The Morgan fingerprint density at radius 1 is 0.923 bits per heavy atom. The molecule has 3 N–H and O–H groups in total. The van der Waals surface area contributed by atoms with Gasteiger partial charge in [-0.1, -0.05) is 36.4 Å². The molecule has 4 atom stereocenters. The standard InChI is InChI=1S/C19H16N2O5/c22-12-9-5-4-8-11(12)15-13-14(16(20-15)19(25)26)18(24)21(17(13)23)10-6-2-1-3-7-10/h1-9,13-16,20,22H,(H,25,26). The number of anilines is 1. The molecule has 0 radical (unpaired) electrons. The molecular formula is C19H16N2O5. The number of imide groups is 1. The van der Waals surface area contributed by atoms with Gasteiger partial charge in [0.2, 0.25) is 11.8 Å². The van der Waals surface area contributed by atoms with Gasteiger partial charge in [0, 0.05) is 11.6 Å². The molecule has 26 heavy (non-hydrogen) atoms. The van der Waals surface area contributed by atoms with Gasteiger partial charge in [-0.25, -0.2) is 4.90 Å². The van der Waals surface area contributed by atoms with Crippen LogP contribution < -0.4 is 10.2 Å². The summed E-state index contributed by atoms with van der Waals surface area (Å²) in [5.41, 5.74) is 0.819. The van der Waals surface area contributed by atoms with E-state index in [-0.39, 0.29) is 5.75 Å². The molecule has 2 aromatic carbocycles. The highest BCUT2D eigenvalue weighted by Gasteiger charge is 2.61. The first-order chi connectivity index (χ1) is 12.5. The molecule has 2 aliphatic rings. The van der Waals surface area contributed by atoms with Crippen LogP contribution in [0.15, 0.2) is 54.6 Å². The number of carboxylic acids is 1. The van der Waals surface area contributed by atoms with Gasteiger partial charge in [-0.2, -0.15) is 0 Å². The number of nitrogens with one attached hydrogen (secondary N) is 1. The summed E-state index contributed by atoms with van der Waals surface area (Å²) in [4.78, 5) is 38.7. The maximum atomic E-state index is 13.1. The lowest BCUT2D eigenvalue weighted by Gasteiger charge is -2.21. The number of para-hydroxylation sites is 2. The van der Waals surface area contributed by atoms with E-state index in [4.69, 9.17) is 0 Å². The molecule has 2 fully saturated rings. The minimum absolute atomic E-state index is 0.0480. The number of fused-ring (bicyclic) bond motifs is 1. The minimum Gasteiger partial charge on any atom is -0.508 e. The van der Waals surface area contributed by atoms with Crippen LogP contribution in [0.2, 0.25) is 0 Å². The Morgan fingerprint density at radius 3 is 2.19 bits per heavy atom. The third kappa shape index (κ3) is 2.28. The highest BCUT2D eigenvalue weighted by Crippen LogP contribution is 2.46. The lowest BCUT2D eigenvalue weighted by atomic mass is 9.86. The fourth-order valence-electron chi connectivity index (χ4n) is 3.90. The summed E-state index contributed by atoms with van der Waals surface area (Å²) in [6, 6.07) is 12.9. The van der Waals surface area contributed by atoms with Gasteiger partial charge in [0.1, 0.15) is 11.8 Å². The Bertz CT molecular complexity index is 898. The molecule has 0 aromatic heterocycles. The van der Waals surface area contributed by atoms with Crippen LogP contribution in [0, 0.1) is 11.8 Å². The maximum absolute atomic E-state index is 13.1. The number of phenols is 1. The quantitative estimate of drug-likeness (QED) is 0.719. The second-order valence-corrected chi connectivity index (χ2v) is 6.42. The minimum atomic E-state index is -1.20. The van der Waals surface area contributed by atoms with E-state index < -0.39 is 41.7 Å². The number of aromatic hydroxyl groups is 1. The first kappa shape index (κ1) is 16.3. The van der Waals surface area contributed by atoms with E-state index in [1.54, 1.807) is 48.5 Å². The van der Waals surface area contributed by atoms with Crippen molar-refractivity contribution in [2.24, 2.45) is 11.8 Å². The van der Waals surface area contributed by atoms with Crippen LogP contribution in [0.25, 0.3) is 0 Å². The van der Waals surface area contributed by atoms with Crippen LogP contribution >= 0.6 is 0 Å². The van der Waals surface area contributed by atoms with Crippen LogP contribution in [0.3, 0.4) is 0 Å². The van der Waals surface area contributed by atoms with E-state index in [0.717, 1.165) is 4.90 Å². The van der Waals surface area contributed by atoms with Gasteiger partial charge >= 0.3 is 5.97 Å². The van der Waals surface area contributed by atoms with E-state index in [2.05, 4.69) is 5.32 Å². The Kier molecular flexibility index (Phi) is 3.73. The molecule has 2 heterocycles. The number of benzene rings is 2. The summed E-state index contributed by atoms with van der Waals surface area (Å²) in [5, 5.41) is 22.6. The van der Waals surface area contributed by atoms with Crippen molar-refractivity contribution in [1.29, 1.82) is 0 Å². The molecule has 4 rings (SSSR count). The van der Waals surface area contributed by atoms with Crippen LogP contribution in [0.4, 0.5) is 5.69 Å². The average molecular weight is 352 g/mol. The Labute approximate surface area is 148 Å². The van der Waals surface area contributed by atoms with Gasteiger partial charge in [-0.05, 0) is 18.2 Å². The molecule has 0 spiro atoms. The normalized spacial score (nSPS) is 27.6. The molecule has 0 bridgehead atoms. The SMILES string of the molecule is O=C(O)C1NC(c2ccccc2O)C2C(=O)N(c3ccccc3)C(=O)C12. The number of carboxylic acid groups (broad SMARTS) is 1. The topological polar surface area (TPSA) is 107 Å². The highest BCUT2D eigenvalue weighted by atomic mass is 16.4. The number of nitrogens with zero attached hydrogens (tertiary/aromatic N) is 1. The number of hydrogen-bond acceptors (Lipinski definition) is 5. The first-order valence-electron chi connectivity index (χ1n) is 8.20. The molecular weight excluding hydrogens is 336 g/mol. The molecule has 132 valence electrons. The summed E-state index contributed by atoms with van der Waals surface area (Å²) in [6.45, 7) is 0. The zero-order valence-electron chi connectivity index (χ0n) is 13.6. The molecule has 4 unspecified atom stereocenters. The molecule has 7 nitrogen and oxygen atoms in total. The average Bonchev–Trinajstić information content (AvgIpc) is 3.14. The molecule has 2 saturated heterocycles. The molecule has 0 aliphatic carbocycles. The number of carbonyl (C=O) groups is 3. The van der Waals surface area contributed by atoms with Crippen molar-refractivity contribution in [1.82, 2.24) is 5.32 Å². The predicted octanol–water partition coefficient (Wildman–Crippen LogP) is 1.30. The third-order valence-electron chi connectivity index (χ3n) is 5.03. The van der Waals surface area contributed by atoms with Crippen LogP contribution in [0.1, 0.15) is 11.6 Å². The van der Waals surface area contributed by atoms with Crippen molar-refractivity contribution in [3.8, 4) is 5.75 Å². The van der Waals surface area contributed by atoms with Crippen molar-refractivity contribution < 1.29 is 24.6 Å². The Hall–Kier alpha value is -3.19. The van der Waals surface area contributed by atoms with Gasteiger partial charge < -0.3 is 10.2 Å². The lowest BCUT2D eigenvalue weighted by molar-refractivity contribution is -0.142. The fourth-order valence-corrected chi connectivity index (χ4v) is 3.90. The number of carbonyl (C=O) groups excluding carboxylic acids is 2. The summed E-state index contributed by atoms with van der Waals surface area (Å²) >= 11 is 0. The van der Waals surface area contributed by atoms with E-state index in [9.17, 15) is 24.6 Å². The van der Waals surface area contributed by atoms with Crippen molar-refractivity contribution in [2.45, 2.75) is 12.1 Å². The van der Waals surface area contributed by atoms with E-state index in [0.29, 0.717) is 11.3 Å². The number of aliphatic carboxylic acids is 1. The predicted molar refractivity (Wildman–Crippen MR) is 91.3 cm³/mol. The summed E-state index contributed by atoms with van der Waals surface area (Å²) < 4.78 is 0.